The highest BCUT2D eigenvalue weighted by molar-refractivity contribution is 8.15. The van der Waals surface area contributed by atoms with Gasteiger partial charge in [-0.25, -0.2) is 0 Å². The number of amidine groups is 1. The Morgan fingerprint density at radius 3 is 3.08 bits per heavy atom. The number of amides is 2. The fourth-order valence-electron chi connectivity index (χ4n) is 2.60. The molecule has 0 aromatic heterocycles. The zero-order valence-corrected chi connectivity index (χ0v) is 14.5. The average Bonchev–Trinajstić information content (AvgIpc) is 3.13. The van der Waals surface area contributed by atoms with Gasteiger partial charge in [-0.15, -0.1) is 0 Å². The predicted octanol–water partition coefficient (Wildman–Crippen LogP) is 2.51. The minimum Gasteiger partial charge on any atom is -0.491 e. The lowest BCUT2D eigenvalue weighted by atomic mass is 10.2. The van der Waals surface area contributed by atoms with Crippen molar-refractivity contribution in [3.8, 4) is 5.75 Å². The zero-order chi connectivity index (χ0) is 16.9. The molecule has 24 heavy (non-hydrogen) atoms. The number of para-hydroxylation sites is 2. The van der Waals surface area contributed by atoms with Crippen LogP contribution in [0.15, 0.2) is 29.3 Å². The predicted molar refractivity (Wildman–Crippen MR) is 95.5 cm³/mol. The first-order valence-electron chi connectivity index (χ1n) is 8.23. The minimum atomic E-state index is -0.378. The van der Waals surface area contributed by atoms with Crippen LogP contribution >= 0.6 is 11.8 Å². The second-order valence-corrected chi connectivity index (χ2v) is 6.88. The maximum Gasteiger partial charge on any atom is 0.242 e. The summed E-state index contributed by atoms with van der Waals surface area (Å²) in [5.41, 5.74) is 0.645. The monoisotopic (exact) mass is 347 g/mol. The molecule has 7 heteroatoms. The van der Waals surface area contributed by atoms with Crippen molar-refractivity contribution in [2.24, 2.45) is 4.99 Å². The van der Waals surface area contributed by atoms with Gasteiger partial charge >= 0.3 is 0 Å². The Balaban J connectivity index is 1.58. The van der Waals surface area contributed by atoms with Crippen molar-refractivity contribution in [1.82, 2.24) is 4.90 Å². The van der Waals surface area contributed by atoms with Crippen molar-refractivity contribution in [3.05, 3.63) is 24.3 Å². The van der Waals surface area contributed by atoms with E-state index in [1.165, 1.54) is 11.8 Å². The van der Waals surface area contributed by atoms with Crippen molar-refractivity contribution in [2.45, 2.75) is 31.4 Å². The van der Waals surface area contributed by atoms with E-state index in [0.29, 0.717) is 31.1 Å². The lowest BCUT2D eigenvalue weighted by molar-refractivity contribution is -0.127. The first-order chi connectivity index (χ1) is 11.7. The third-order valence-corrected chi connectivity index (χ3v) is 5.09. The van der Waals surface area contributed by atoms with Crippen LogP contribution in [0.2, 0.25) is 0 Å². The molecule has 6 nitrogen and oxygen atoms in total. The number of unbranched alkanes of at least 4 members (excludes halogenated alkanes) is 1. The van der Waals surface area contributed by atoms with Crippen LogP contribution in [-0.2, 0) is 9.59 Å². The number of ether oxygens (including phenoxy) is 1. The molecule has 1 aromatic rings. The molecule has 0 radical (unpaired) electrons. The Kier molecular flexibility index (Phi) is 5.40. The van der Waals surface area contributed by atoms with Crippen molar-refractivity contribution >= 4 is 34.4 Å². The fraction of sp³-hybridized carbons (Fsp3) is 0.471. The Bertz CT molecular complexity index is 662. The van der Waals surface area contributed by atoms with Gasteiger partial charge in [-0.2, -0.15) is 0 Å². The summed E-state index contributed by atoms with van der Waals surface area (Å²) in [4.78, 5) is 30.5. The van der Waals surface area contributed by atoms with Crippen LogP contribution in [0.5, 0.6) is 5.75 Å². The molecule has 0 aliphatic carbocycles. The number of thioether (sulfide) groups is 1. The first kappa shape index (κ1) is 16.8. The first-order valence-corrected chi connectivity index (χ1v) is 9.11. The fourth-order valence-corrected chi connectivity index (χ4v) is 3.80. The SMILES string of the molecule is CCCCOc1ccccc1NC(=O)CC1SC2=NCCN2C1=O. The van der Waals surface area contributed by atoms with Gasteiger partial charge in [0, 0.05) is 13.0 Å². The smallest absolute Gasteiger partial charge is 0.242 e. The third-order valence-electron chi connectivity index (χ3n) is 3.88. The van der Waals surface area contributed by atoms with Gasteiger partial charge in [0.2, 0.25) is 11.8 Å². The summed E-state index contributed by atoms with van der Waals surface area (Å²) >= 11 is 1.38. The lowest BCUT2D eigenvalue weighted by Crippen LogP contribution is -2.32. The highest BCUT2D eigenvalue weighted by Gasteiger charge is 2.40. The van der Waals surface area contributed by atoms with E-state index in [2.05, 4.69) is 17.2 Å². The van der Waals surface area contributed by atoms with Gasteiger partial charge in [0.25, 0.3) is 0 Å². The van der Waals surface area contributed by atoms with Crippen LogP contribution in [0.4, 0.5) is 5.69 Å². The normalized spacial score (nSPS) is 19.2. The number of carbonyl (C=O) groups is 2. The molecule has 0 bridgehead atoms. The lowest BCUT2D eigenvalue weighted by Gasteiger charge is -2.13. The van der Waals surface area contributed by atoms with Crippen molar-refractivity contribution in [2.75, 3.05) is 25.0 Å². The van der Waals surface area contributed by atoms with Crippen LogP contribution in [0.1, 0.15) is 26.2 Å². The average molecular weight is 347 g/mol. The van der Waals surface area contributed by atoms with Gasteiger partial charge in [-0.3, -0.25) is 19.5 Å². The molecular formula is C17H21N3O3S. The number of hydrogen-bond acceptors (Lipinski definition) is 5. The number of fused-ring (bicyclic) bond motifs is 1. The number of nitrogens with one attached hydrogen (secondary N) is 1. The summed E-state index contributed by atoms with van der Waals surface area (Å²) in [6.45, 7) is 4.01. The Labute approximate surface area is 145 Å². The van der Waals surface area contributed by atoms with Crippen molar-refractivity contribution < 1.29 is 14.3 Å². The third kappa shape index (κ3) is 3.72. The summed E-state index contributed by atoms with van der Waals surface area (Å²) in [6, 6.07) is 7.37. The number of nitrogens with zero attached hydrogens (tertiary/aromatic N) is 2. The maximum atomic E-state index is 12.3. The molecule has 0 spiro atoms. The quantitative estimate of drug-likeness (QED) is 0.770. The van der Waals surface area contributed by atoms with E-state index in [4.69, 9.17) is 4.74 Å². The van der Waals surface area contributed by atoms with Crippen molar-refractivity contribution in [1.29, 1.82) is 0 Å². The van der Waals surface area contributed by atoms with Crippen LogP contribution in [0.25, 0.3) is 0 Å². The van der Waals surface area contributed by atoms with Crippen LogP contribution in [-0.4, -0.2) is 46.8 Å². The molecular weight excluding hydrogens is 326 g/mol. The number of hydrogen-bond donors (Lipinski definition) is 1. The summed E-state index contributed by atoms with van der Waals surface area (Å²) in [7, 11) is 0. The van der Waals surface area contributed by atoms with Gasteiger partial charge in [0.1, 0.15) is 11.0 Å². The summed E-state index contributed by atoms with van der Waals surface area (Å²) in [6.07, 6.45) is 2.16. The molecule has 0 saturated carbocycles. The molecule has 1 atom stereocenters. The largest absolute Gasteiger partial charge is 0.491 e. The number of anilines is 1. The molecule has 3 rings (SSSR count). The number of aliphatic imine (C=N–C) groups is 1. The van der Waals surface area contributed by atoms with E-state index in [0.717, 1.165) is 18.0 Å². The Morgan fingerprint density at radius 1 is 1.46 bits per heavy atom. The molecule has 2 aliphatic rings. The minimum absolute atomic E-state index is 0.0149. The van der Waals surface area contributed by atoms with Gasteiger partial charge in [0.05, 0.1) is 18.8 Å². The molecule has 128 valence electrons. The summed E-state index contributed by atoms with van der Waals surface area (Å²) in [5.74, 6) is 0.461. The maximum absolute atomic E-state index is 12.3. The second kappa shape index (κ2) is 7.70. The zero-order valence-electron chi connectivity index (χ0n) is 13.7. The number of benzene rings is 1. The standard InChI is InChI=1S/C17H21N3O3S/c1-2-3-10-23-13-7-5-4-6-12(13)19-15(21)11-14-16(22)20-9-8-18-17(20)24-14/h4-7,14H,2-3,8-11H2,1H3,(H,19,21). The van der Waals surface area contributed by atoms with E-state index >= 15 is 0 Å². The van der Waals surface area contributed by atoms with E-state index in [-0.39, 0.29) is 23.5 Å². The molecule has 2 heterocycles. The van der Waals surface area contributed by atoms with Crippen LogP contribution in [0, 0.1) is 0 Å². The van der Waals surface area contributed by atoms with E-state index < -0.39 is 0 Å². The molecule has 1 fully saturated rings. The van der Waals surface area contributed by atoms with E-state index in [9.17, 15) is 9.59 Å². The molecule has 2 amide bonds. The van der Waals surface area contributed by atoms with Gasteiger partial charge in [-0.1, -0.05) is 37.2 Å². The molecule has 1 unspecified atom stereocenters. The van der Waals surface area contributed by atoms with E-state index in [1.54, 1.807) is 4.90 Å². The van der Waals surface area contributed by atoms with Crippen LogP contribution < -0.4 is 10.1 Å². The van der Waals surface area contributed by atoms with Gasteiger partial charge in [-0.05, 0) is 18.6 Å². The highest BCUT2D eigenvalue weighted by atomic mass is 32.2. The number of carbonyl (C=O) groups excluding carboxylic acids is 2. The Morgan fingerprint density at radius 2 is 2.29 bits per heavy atom. The number of rotatable bonds is 7. The molecule has 1 aromatic carbocycles. The molecule has 2 aliphatic heterocycles. The topological polar surface area (TPSA) is 71.0 Å². The second-order valence-electron chi connectivity index (χ2n) is 5.71. The molecule has 1 saturated heterocycles. The summed E-state index contributed by atoms with van der Waals surface area (Å²) in [5, 5.41) is 3.24. The summed E-state index contributed by atoms with van der Waals surface area (Å²) < 4.78 is 5.72. The molecule has 1 N–H and O–H groups in total. The Hall–Kier alpha value is -2.02. The highest BCUT2D eigenvalue weighted by Crippen LogP contribution is 2.32. The van der Waals surface area contributed by atoms with Gasteiger partial charge in [0.15, 0.2) is 5.17 Å². The van der Waals surface area contributed by atoms with Crippen molar-refractivity contribution in [3.63, 3.8) is 0 Å². The van der Waals surface area contributed by atoms with E-state index in [1.807, 2.05) is 24.3 Å². The van der Waals surface area contributed by atoms with Gasteiger partial charge < -0.3 is 10.1 Å². The van der Waals surface area contributed by atoms with Crippen LogP contribution in [0.3, 0.4) is 0 Å².